The van der Waals surface area contributed by atoms with E-state index in [0.29, 0.717) is 11.3 Å². The SMILES string of the molecule is CC(C)c1ccc(N2CCC3(CCNC3)C2)nn1. The molecule has 2 saturated heterocycles. The van der Waals surface area contributed by atoms with Gasteiger partial charge in [-0.25, -0.2) is 0 Å². The van der Waals surface area contributed by atoms with Crippen LogP contribution in [0.25, 0.3) is 0 Å². The molecule has 4 nitrogen and oxygen atoms in total. The van der Waals surface area contributed by atoms with Crippen molar-refractivity contribution >= 4 is 5.82 Å². The maximum absolute atomic E-state index is 4.39. The topological polar surface area (TPSA) is 41.0 Å². The summed E-state index contributed by atoms with van der Waals surface area (Å²) in [5.41, 5.74) is 1.58. The van der Waals surface area contributed by atoms with Gasteiger partial charge in [0.25, 0.3) is 0 Å². The van der Waals surface area contributed by atoms with Crippen LogP contribution in [0.1, 0.15) is 38.3 Å². The second-order valence-corrected chi connectivity index (χ2v) is 6.07. The molecule has 98 valence electrons. The molecule has 1 aromatic rings. The lowest BCUT2D eigenvalue weighted by atomic mass is 9.87. The Morgan fingerprint density at radius 1 is 1.28 bits per heavy atom. The molecule has 0 amide bonds. The van der Waals surface area contributed by atoms with E-state index >= 15 is 0 Å². The minimum Gasteiger partial charge on any atom is -0.355 e. The van der Waals surface area contributed by atoms with Gasteiger partial charge in [-0.1, -0.05) is 13.8 Å². The Labute approximate surface area is 109 Å². The van der Waals surface area contributed by atoms with E-state index in [1.165, 1.54) is 25.9 Å². The molecule has 1 atom stereocenters. The van der Waals surface area contributed by atoms with Gasteiger partial charge < -0.3 is 10.2 Å². The molecule has 2 fully saturated rings. The van der Waals surface area contributed by atoms with E-state index in [9.17, 15) is 0 Å². The highest BCUT2D eigenvalue weighted by molar-refractivity contribution is 5.40. The summed E-state index contributed by atoms with van der Waals surface area (Å²) in [5, 5.41) is 12.2. The Morgan fingerprint density at radius 2 is 2.17 bits per heavy atom. The molecule has 18 heavy (non-hydrogen) atoms. The van der Waals surface area contributed by atoms with Gasteiger partial charge in [-0.2, -0.15) is 5.10 Å². The zero-order chi connectivity index (χ0) is 12.6. The molecule has 2 aliphatic rings. The van der Waals surface area contributed by atoms with Crippen molar-refractivity contribution in [2.45, 2.75) is 32.6 Å². The fraction of sp³-hybridized carbons (Fsp3) is 0.714. The molecule has 0 aromatic carbocycles. The van der Waals surface area contributed by atoms with Crippen LogP contribution in [0.2, 0.25) is 0 Å². The Bertz CT molecular complexity index is 406. The maximum Gasteiger partial charge on any atom is 0.151 e. The highest BCUT2D eigenvalue weighted by Crippen LogP contribution is 2.37. The predicted molar refractivity (Wildman–Crippen MR) is 72.9 cm³/mol. The van der Waals surface area contributed by atoms with Crippen LogP contribution in [0.15, 0.2) is 12.1 Å². The third kappa shape index (κ3) is 2.09. The van der Waals surface area contributed by atoms with Crippen molar-refractivity contribution in [3.63, 3.8) is 0 Å². The van der Waals surface area contributed by atoms with Crippen molar-refractivity contribution in [2.75, 3.05) is 31.1 Å². The summed E-state index contributed by atoms with van der Waals surface area (Å²) in [7, 11) is 0. The van der Waals surface area contributed by atoms with Crippen molar-refractivity contribution in [2.24, 2.45) is 5.41 Å². The molecular weight excluding hydrogens is 224 g/mol. The number of anilines is 1. The van der Waals surface area contributed by atoms with Gasteiger partial charge >= 0.3 is 0 Å². The van der Waals surface area contributed by atoms with Crippen LogP contribution in [0.5, 0.6) is 0 Å². The van der Waals surface area contributed by atoms with Gasteiger partial charge in [0.1, 0.15) is 0 Å². The largest absolute Gasteiger partial charge is 0.355 e. The summed E-state index contributed by atoms with van der Waals surface area (Å²) in [6.07, 6.45) is 2.59. The minimum absolute atomic E-state index is 0.454. The second kappa shape index (κ2) is 4.50. The molecule has 0 saturated carbocycles. The third-order valence-electron chi connectivity index (χ3n) is 4.36. The van der Waals surface area contributed by atoms with E-state index in [1.807, 2.05) is 0 Å². The molecule has 0 aliphatic carbocycles. The number of nitrogens with zero attached hydrogens (tertiary/aromatic N) is 3. The third-order valence-corrected chi connectivity index (χ3v) is 4.36. The normalized spacial score (nSPS) is 27.6. The molecule has 0 radical (unpaired) electrons. The molecule has 0 bridgehead atoms. The van der Waals surface area contributed by atoms with E-state index < -0.39 is 0 Å². The van der Waals surface area contributed by atoms with Gasteiger partial charge in [0.05, 0.1) is 5.69 Å². The molecule has 1 aromatic heterocycles. The van der Waals surface area contributed by atoms with Crippen LogP contribution < -0.4 is 10.2 Å². The number of hydrogen-bond acceptors (Lipinski definition) is 4. The van der Waals surface area contributed by atoms with Gasteiger partial charge in [0.15, 0.2) is 5.82 Å². The number of aromatic nitrogens is 2. The highest BCUT2D eigenvalue weighted by atomic mass is 15.3. The smallest absolute Gasteiger partial charge is 0.151 e. The summed E-state index contributed by atoms with van der Waals surface area (Å²) < 4.78 is 0. The zero-order valence-corrected chi connectivity index (χ0v) is 11.3. The summed E-state index contributed by atoms with van der Waals surface area (Å²) in [4.78, 5) is 2.39. The summed E-state index contributed by atoms with van der Waals surface area (Å²) in [5.74, 6) is 1.50. The van der Waals surface area contributed by atoms with Crippen molar-refractivity contribution in [3.8, 4) is 0 Å². The lowest BCUT2D eigenvalue weighted by Gasteiger charge is -2.23. The zero-order valence-electron chi connectivity index (χ0n) is 11.3. The first-order chi connectivity index (χ1) is 8.69. The van der Waals surface area contributed by atoms with Crippen LogP contribution in [0, 0.1) is 5.41 Å². The van der Waals surface area contributed by atoms with Crippen LogP contribution in [0.4, 0.5) is 5.82 Å². The fourth-order valence-electron chi connectivity index (χ4n) is 3.09. The van der Waals surface area contributed by atoms with Gasteiger partial charge in [0.2, 0.25) is 0 Å². The van der Waals surface area contributed by atoms with Gasteiger partial charge in [-0.15, -0.1) is 5.10 Å². The second-order valence-electron chi connectivity index (χ2n) is 6.07. The number of nitrogens with one attached hydrogen (secondary N) is 1. The van der Waals surface area contributed by atoms with Crippen molar-refractivity contribution in [3.05, 3.63) is 17.8 Å². The fourth-order valence-corrected chi connectivity index (χ4v) is 3.09. The molecule has 4 heteroatoms. The van der Waals surface area contributed by atoms with Crippen molar-refractivity contribution in [1.29, 1.82) is 0 Å². The highest BCUT2D eigenvalue weighted by Gasteiger charge is 2.40. The van der Waals surface area contributed by atoms with E-state index in [1.54, 1.807) is 0 Å². The van der Waals surface area contributed by atoms with Crippen molar-refractivity contribution < 1.29 is 0 Å². The first-order valence-corrected chi connectivity index (χ1v) is 6.98. The monoisotopic (exact) mass is 246 g/mol. The lowest BCUT2D eigenvalue weighted by Crippen LogP contribution is -2.29. The average molecular weight is 246 g/mol. The molecule has 1 spiro atoms. The van der Waals surface area contributed by atoms with E-state index in [-0.39, 0.29) is 0 Å². The van der Waals surface area contributed by atoms with Gasteiger partial charge in [-0.05, 0) is 37.4 Å². The van der Waals surface area contributed by atoms with Gasteiger partial charge in [0, 0.05) is 25.0 Å². The van der Waals surface area contributed by atoms with E-state index in [4.69, 9.17) is 0 Å². The molecule has 1 N–H and O–H groups in total. The summed E-state index contributed by atoms with van der Waals surface area (Å²) in [6.45, 7) is 8.90. The Kier molecular flexibility index (Phi) is 2.98. The van der Waals surface area contributed by atoms with E-state index in [0.717, 1.165) is 24.6 Å². The van der Waals surface area contributed by atoms with Gasteiger partial charge in [-0.3, -0.25) is 0 Å². The van der Waals surface area contributed by atoms with Crippen LogP contribution in [-0.4, -0.2) is 36.4 Å². The Morgan fingerprint density at radius 3 is 2.78 bits per heavy atom. The average Bonchev–Trinajstić information content (AvgIpc) is 3.01. The van der Waals surface area contributed by atoms with Crippen LogP contribution >= 0.6 is 0 Å². The molecule has 3 heterocycles. The van der Waals surface area contributed by atoms with Crippen LogP contribution in [-0.2, 0) is 0 Å². The molecule has 1 unspecified atom stereocenters. The standard InChI is InChI=1S/C14H22N4/c1-11(2)12-3-4-13(17-16-12)18-8-6-14(10-18)5-7-15-9-14/h3-4,11,15H,5-10H2,1-2H3. The first kappa shape index (κ1) is 11.9. The minimum atomic E-state index is 0.454. The number of rotatable bonds is 2. The summed E-state index contributed by atoms with van der Waals surface area (Å²) in [6, 6.07) is 4.24. The maximum atomic E-state index is 4.39. The summed E-state index contributed by atoms with van der Waals surface area (Å²) >= 11 is 0. The van der Waals surface area contributed by atoms with Crippen molar-refractivity contribution in [1.82, 2.24) is 15.5 Å². The quantitative estimate of drug-likeness (QED) is 0.864. The predicted octanol–water partition coefficient (Wildman–Crippen LogP) is 1.79. The molecular formula is C14H22N4. The Hall–Kier alpha value is -1.16. The van der Waals surface area contributed by atoms with Crippen LogP contribution in [0.3, 0.4) is 0 Å². The molecule has 3 rings (SSSR count). The molecule has 2 aliphatic heterocycles. The number of hydrogen-bond donors (Lipinski definition) is 1. The van der Waals surface area contributed by atoms with E-state index in [2.05, 4.69) is 46.4 Å². The Balaban J connectivity index is 1.72. The first-order valence-electron chi connectivity index (χ1n) is 6.98. The lowest BCUT2D eigenvalue weighted by molar-refractivity contribution is 0.369.